The van der Waals surface area contributed by atoms with Crippen LogP contribution in [0.1, 0.15) is 11.3 Å². The van der Waals surface area contributed by atoms with Gasteiger partial charge in [-0.2, -0.15) is 5.10 Å². The molecule has 19 heavy (non-hydrogen) atoms. The minimum atomic E-state index is 0.644. The van der Waals surface area contributed by atoms with Gasteiger partial charge in [-0.05, 0) is 43.8 Å². The van der Waals surface area contributed by atoms with Crippen LogP contribution in [-0.2, 0) is 7.05 Å². The monoisotopic (exact) mass is 292 g/mol. The van der Waals surface area contributed by atoms with Crippen molar-refractivity contribution in [2.75, 3.05) is 0 Å². The summed E-state index contributed by atoms with van der Waals surface area (Å²) in [5.74, 6) is 0. The second kappa shape index (κ2) is 4.21. The third-order valence-corrected chi connectivity index (χ3v) is 3.94. The normalized spacial score (nSPS) is 11.4. The van der Waals surface area contributed by atoms with E-state index in [1.54, 1.807) is 0 Å². The first-order chi connectivity index (χ1) is 8.99. The molecule has 0 aliphatic carbocycles. The highest BCUT2D eigenvalue weighted by Gasteiger charge is 2.14. The second-order valence-corrected chi connectivity index (χ2v) is 5.40. The minimum absolute atomic E-state index is 0.644. The second-order valence-electron chi connectivity index (χ2n) is 4.61. The Balaban J connectivity index is 2.38. The molecule has 4 nitrogen and oxygen atoms in total. The summed E-state index contributed by atoms with van der Waals surface area (Å²) in [4.78, 5) is 3.20. The Morgan fingerprint density at radius 3 is 2.74 bits per heavy atom. The molecule has 0 saturated carbocycles. The third kappa shape index (κ3) is 1.81. The fourth-order valence-corrected chi connectivity index (χ4v) is 2.74. The molecule has 0 aliphatic rings. The molecular formula is C13H13ClN4S. The van der Waals surface area contributed by atoms with Gasteiger partial charge in [-0.15, -0.1) is 0 Å². The van der Waals surface area contributed by atoms with Crippen molar-refractivity contribution in [2.45, 2.75) is 13.8 Å². The molecule has 0 amide bonds. The smallest absolute Gasteiger partial charge is 0.184 e. The molecule has 0 saturated heterocycles. The van der Waals surface area contributed by atoms with Crippen molar-refractivity contribution in [3.05, 3.63) is 39.3 Å². The molecular weight excluding hydrogens is 280 g/mol. The predicted molar refractivity (Wildman–Crippen MR) is 79.7 cm³/mol. The predicted octanol–water partition coefficient (Wildman–Crippen LogP) is 3.69. The molecule has 0 bridgehead atoms. The summed E-state index contributed by atoms with van der Waals surface area (Å²) in [5, 5.41) is 5.13. The number of benzene rings is 1. The molecule has 2 heterocycles. The van der Waals surface area contributed by atoms with Crippen molar-refractivity contribution < 1.29 is 0 Å². The lowest BCUT2D eigenvalue weighted by Crippen LogP contribution is -2.01. The number of aryl methyl sites for hydroxylation is 3. The number of nitrogens with one attached hydrogen (secondary N) is 1. The summed E-state index contributed by atoms with van der Waals surface area (Å²) in [6, 6.07) is 5.91. The quantitative estimate of drug-likeness (QED) is 0.695. The van der Waals surface area contributed by atoms with Crippen LogP contribution in [0.25, 0.3) is 16.9 Å². The zero-order valence-corrected chi connectivity index (χ0v) is 12.4. The van der Waals surface area contributed by atoms with E-state index < -0.39 is 0 Å². The zero-order chi connectivity index (χ0) is 13.7. The van der Waals surface area contributed by atoms with Crippen LogP contribution in [-0.4, -0.2) is 19.3 Å². The Bertz CT molecular complexity index is 840. The summed E-state index contributed by atoms with van der Waals surface area (Å²) in [6.45, 7) is 3.94. The van der Waals surface area contributed by atoms with Gasteiger partial charge in [0.05, 0.1) is 11.4 Å². The number of imidazole rings is 1. The van der Waals surface area contributed by atoms with E-state index in [4.69, 9.17) is 23.8 Å². The largest absolute Gasteiger partial charge is 0.327 e. The van der Waals surface area contributed by atoms with E-state index in [-0.39, 0.29) is 0 Å². The van der Waals surface area contributed by atoms with E-state index >= 15 is 0 Å². The molecule has 6 heteroatoms. The highest BCUT2D eigenvalue weighted by atomic mass is 35.5. The van der Waals surface area contributed by atoms with Crippen LogP contribution in [0.4, 0.5) is 0 Å². The number of fused-ring (bicyclic) bond motifs is 1. The maximum Gasteiger partial charge on any atom is 0.184 e. The first kappa shape index (κ1) is 12.4. The number of H-pyrrole nitrogens is 1. The van der Waals surface area contributed by atoms with Gasteiger partial charge >= 0.3 is 0 Å². The molecule has 0 fully saturated rings. The zero-order valence-electron chi connectivity index (χ0n) is 10.9. The molecule has 0 unspecified atom stereocenters. The molecule has 0 atom stereocenters. The average molecular weight is 293 g/mol. The summed E-state index contributed by atoms with van der Waals surface area (Å²) in [6.07, 6.45) is 0. The fraction of sp³-hybridized carbons (Fsp3) is 0.231. The van der Waals surface area contributed by atoms with Crippen molar-refractivity contribution in [1.29, 1.82) is 0 Å². The molecule has 0 spiro atoms. The Morgan fingerprint density at radius 1 is 1.32 bits per heavy atom. The van der Waals surface area contributed by atoms with Crippen LogP contribution in [0.15, 0.2) is 18.2 Å². The van der Waals surface area contributed by atoms with E-state index in [1.807, 2.05) is 48.3 Å². The van der Waals surface area contributed by atoms with Crippen LogP contribution < -0.4 is 0 Å². The SMILES string of the molecule is Cc1ccc(-n2c(=S)[nH]c3c(C)nn(C)c32)cc1Cl. The van der Waals surface area contributed by atoms with Gasteiger partial charge in [0.15, 0.2) is 10.4 Å². The van der Waals surface area contributed by atoms with Crippen molar-refractivity contribution in [3.8, 4) is 5.69 Å². The number of nitrogens with zero attached hydrogens (tertiary/aromatic N) is 3. The van der Waals surface area contributed by atoms with E-state index in [0.717, 1.165) is 33.1 Å². The van der Waals surface area contributed by atoms with Gasteiger partial charge in [-0.1, -0.05) is 17.7 Å². The molecule has 0 radical (unpaired) electrons. The topological polar surface area (TPSA) is 38.5 Å². The standard InChI is InChI=1S/C13H13ClN4S/c1-7-4-5-9(6-10(7)14)18-12-11(15-13(18)19)8(2)16-17(12)3/h4-6H,1-3H3,(H,15,19). The minimum Gasteiger partial charge on any atom is -0.327 e. The summed E-state index contributed by atoms with van der Waals surface area (Å²) < 4.78 is 4.42. The van der Waals surface area contributed by atoms with Crippen LogP contribution in [0, 0.1) is 18.6 Å². The van der Waals surface area contributed by atoms with Crippen molar-refractivity contribution in [3.63, 3.8) is 0 Å². The van der Waals surface area contributed by atoms with E-state index in [0.29, 0.717) is 4.77 Å². The van der Waals surface area contributed by atoms with Crippen molar-refractivity contribution >= 4 is 35.0 Å². The molecule has 1 aromatic carbocycles. The van der Waals surface area contributed by atoms with Gasteiger partial charge < -0.3 is 4.98 Å². The number of halogens is 1. The fourth-order valence-electron chi connectivity index (χ4n) is 2.27. The van der Waals surface area contributed by atoms with E-state index in [2.05, 4.69) is 10.1 Å². The molecule has 3 aromatic rings. The first-order valence-electron chi connectivity index (χ1n) is 5.90. The van der Waals surface area contributed by atoms with E-state index in [1.165, 1.54) is 0 Å². The Morgan fingerprint density at radius 2 is 2.05 bits per heavy atom. The Kier molecular flexibility index (Phi) is 2.76. The molecule has 0 aliphatic heterocycles. The van der Waals surface area contributed by atoms with Crippen LogP contribution in [0.2, 0.25) is 5.02 Å². The van der Waals surface area contributed by atoms with E-state index in [9.17, 15) is 0 Å². The van der Waals surface area contributed by atoms with Gasteiger partial charge in [0, 0.05) is 12.1 Å². The third-order valence-electron chi connectivity index (χ3n) is 3.25. The first-order valence-corrected chi connectivity index (χ1v) is 6.68. The van der Waals surface area contributed by atoms with Crippen LogP contribution in [0.5, 0.6) is 0 Å². The van der Waals surface area contributed by atoms with Crippen molar-refractivity contribution in [1.82, 2.24) is 19.3 Å². The van der Waals surface area contributed by atoms with Crippen LogP contribution in [0.3, 0.4) is 0 Å². The van der Waals surface area contributed by atoms with Gasteiger partial charge in [-0.3, -0.25) is 4.57 Å². The molecule has 1 N–H and O–H groups in total. The number of hydrogen-bond acceptors (Lipinski definition) is 2. The number of aromatic nitrogens is 4. The molecule has 2 aromatic heterocycles. The number of rotatable bonds is 1. The van der Waals surface area contributed by atoms with Gasteiger partial charge in [-0.25, -0.2) is 4.68 Å². The van der Waals surface area contributed by atoms with Crippen molar-refractivity contribution in [2.24, 2.45) is 7.05 Å². The Labute approximate surface area is 120 Å². The van der Waals surface area contributed by atoms with Crippen LogP contribution >= 0.6 is 23.8 Å². The lowest BCUT2D eigenvalue weighted by molar-refractivity contribution is 0.759. The maximum atomic E-state index is 6.20. The lowest BCUT2D eigenvalue weighted by Gasteiger charge is -2.06. The highest BCUT2D eigenvalue weighted by molar-refractivity contribution is 7.71. The number of aromatic amines is 1. The summed E-state index contributed by atoms with van der Waals surface area (Å²) >= 11 is 11.6. The number of hydrogen-bond donors (Lipinski definition) is 1. The highest BCUT2D eigenvalue weighted by Crippen LogP contribution is 2.24. The lowest BCUT2D eigenvalue weighted by atomic mass is 10.2. The van der Waals surface area contributed by atoms with Gasteiger partial charge in [0.25, 0.3) is 0 Å². The van der Waals surface area contributed by atoms with Gasteiger partial charge in [0.1, 0.15) is 5.52 Å². The average Bonchev–Trinajstić information content (AvgIpc) is 2.82. The molecule has 98 valence electrons. The Hall–Kier alpha value is -1.59. The molecule has 3 rings (SSSR count). The summed E-state index contributed by atoms with van der Waals surface area (Å²) in [5.41, 5.74) is 4.83. The maximum absolute atomic E-state index is 6.20. The summed E-state index contributed by atoms with van der Waals surface area (Å²) in [7, 11) is 1.91. The van der Waals surface area contributed by atoms with Gasteiger partial charge in [0.2, 0.25) is 0 Å².